The molecule has 2 fully saturated rings. The van der Waals surface area contributed by atoms with Crippen LogP contribution in [-0.4, -0.2) is 42.6 Å². The van der Waals surface area contributed by atoms with Crippen molar-refractivity contribution in [2.45, 2.75) is 69.9 Å². The van der Waals surface area contributed by atoms with Crippen LogP contribution in [0.5, 0.6) is 0 Å². The third-order valence-electron chi connectivity index (χ3n) is 4.46. The fourth-order valence-electron chi connectivity index (χ4n) is 3.43. The molecule has 1 saturated carbocycles. The lowest BCUT2D eigenvalue weighted by molar-refractivity contribution is 0.0937. The average Bonchev–Trinajstić information content (AvgIpc) is 2.92. The summed E-state index contributed by atoms with van der Waals surface area (Å²) in [4.78, 5) is 2.64. The zero-order chi connectivity index (χ0) is 12.6. The van der Waals surface area contributed by atoms with Gasteiger partial charge in [-0.25, -0.2) is 0 Å². The first-order valence-electron chi connectivity index (χ1n) is 7.82. The molecule has 2 nitrogen and oxygen atoms in total. The highest BCUT2D eigenvalue weighted by molar-refractivity contribution is 6.18. The molecule has 106 valence electrons. The largest absolute Gasteiger partial charge is 0.378 e. The summed E-state index contributed by atoms with van der Waals surface area (Å²) in [5.41, 5.74) is 0. The molecule has 18 heavy (non-hydrogen) atoms. The molecule has 1 aliphatic heterocycles. The topological polar surface area (TPSA) is 12.5 Å². The Hall–Kier alpha value is 0.210. The predicted molar refractivity (Wildman–Crippen MR) is 77.4 cm³/mol. The number of hydrogen-bond acceptors (Lipinski definition) is 2. The van der Waals surface area contributed by atoms with Crippen LogP contribution in [0.4, 0.5) is 0 Å². The maximum atomic E-state index is 5.96. The van der Waals surface area contributed by atoms with Crippen LogP contribution in [0.25, 0.3) is 0 Å². The van der Waals surface area contributed by atoms with Gasteiger partial charge >= 0.3 is 0 Å². The van der Waals surface area contributed by atoms with Gasteiger partial charge in [-0.1, -0.05) is 19.3 Å². The monoisotopic (exact) mass is 273 g/mol. The highest BCUT2D eigenvalue weighted by Gasteiger charge is 2.21. The molecule has 1 atom stereocenters. The molecule has 0 aromatic carbocycles. The Kier molecular flexibility index (Phi) is 6.82. The molecule has 0 radical (unpaired) electrons. The van der Waals surface area contributed by atoms with Gasteiger partial charge in [0.1, 0.15) is 0 Å². The summed E-state index contributed by atoms with van der Waals surface area (Å²) >= 11 is 5.96. The quantitative estimate of drug-likeness (QED) is 0.654. The van der Waals surface area contributed by atoms with Crippen molar-refractivity contribution < 1.29 is 4.74 Å². The predicted octanol–water partition coefficient (Wildman–Crippen LogP) is 3.82. The molecular formula is C15H28ClNO. The molecule has 0 N–H and O–H groups in total. The fourth-order valence-corrected chi connectivity index (χ4v) is 3.64. The first-order chi connectivity index (χ1) is 8.90. The number of nitrogens with zero attached hydrogens (tertiary/aromatic N) is 1. The van der Waals surface area contributed by atoms with E-state index in [1.165, 1.54) is 64.3 Å². The highest BCUT2D eigenvalue weighted by Crippen LogP contribution is 2.23. The van der Waals surface area contributed by atoms with Gasteiger partial charge in [-0.3, -0.25) is 4.90 Å². The molecule has 1 unspecified atom stereocenters. The first kappa shape index (κ1) is 14.6. The summed E-state index contributed by atoms with van der Waals surface area (Å²) in [6.45, 7) is 3.27. The molecular weight excluding hydrogens is 246 g/mol. The minimum Gasteiger partial charge on any atom is -0.378 e. The van der Waals surface area contributed by atoms with E-state index in [0.29, 0.717) is 6.10 Å². The number of alkyl halides is 1. The van der Waals surface area contributed by atoms with Crippen molar-refractivity contribution in [1.29, 1.82) is 0 Å². The van der Waals surface area contributed by atoms with E-state index in [4.69, 9.17) is 16.3 Å². The molecule has 2 aliphatic rings. The van der Waals surface area contributed by atoms with Crippen LogP contribution >= 0.6 is 11.6 Å². The number of rotatable bonds is 7. The van der Waals surface area contributed by atoms with Crippen molar-refractivity contribution in [1.82, 2.24) is 4.90 Å². The second kappa shape index (κ2) is 8.39. The third kappa shape index (κ3) is 4.71. The lowest BCUT2D eigenvalue weighted by Crippen LogP contribution is -2.39. The minimum atomic E-state index is 0.550. The summed E-state index contributed by atoms with van der Waals surface area (Å²) in [5, 5.41) is 0. The minimum absolute atomic E-state index is 0.550. The Balaban J connectivity index is 1.67. The van der Waals surface area contributed by atoms with E-state index in [1.807, 2.05) is 0 Å². The van der Waals surface area contributed by atoms with Crippen molar-refractivity contribution in [3.63, 3.8) is 0 Å². The van der Waals surface area contributed by atoms with Crippen LogP contribution in [0.3, 0.4) is 0 Å². The van der Waals surface area contributed by atoms with Crippen LogP contribution in [0.2, 0.25) is 0 Å². The fraction of sp³-hybridized carbons (Fsp3) is 1.00. The van der Waals surface area contributed by atoms with Crippen molar-refractivity contribution in [3.8, 4) is 0 Å². The zero-order valence-corrected chi connectivity index (χ0v) is 12.3. The van der Waals surface area contributed by atoms with Crippen LogP contribution in [0, 0.1) is 0 Å². The van der Waals surface area contributed by atoms with Gasteiger partial charge in [0.2, 0.25) is 0 Å². The SMILES string of the molecule is ClCCN(CCCC1CCCO1)C1CCCCC1. The van der Waals surface area contributed by atoms with Gasteiger partial charge in [0, 0.05) is 25.1 Å². The van der Waals surface area contributed by atoms with E-state index in [2.05, 4.69) is 4.90 Å². The van der Waals surface area contributed by atoms with E-state index in [1.54, 1.807) is 0 Å². The van der Waals surface area contributed by atoms with Gasteiger partial charge in [0.05, 0.1) is 6.10 Å². The first-order valence-corrected chi connectivity index (χ1v) is 8.35. The van der Waals surface area contributed by atoms with Gasteiger partial charge in [-0.2, -0.15) is 0 Å². The molecule has 1 saturated heterocycles. The normalized spacial score (nSPS) is 26.0. The number of ether oxygens (including phenoxy) is 1. The van der Waals surface area contributed by atoms with Crippen molar-refractivity contribution in [3.05, 3.63) is 0 Å². The van der Waals surface area contributed by atoms with Crippen LogP contribution in [0.1, 0.15) is 57.8 Å². The van der Waals surface area contributed by atoms with Gasteiger partial charge in [0.25, 0.3) is 0 Å². The molecule has 0 bridgehead atoms. The van der Waals surface area contributed by atoms with Gasteiger partial charge < -0.3 is 4.74 Å². The maximum absolute atomic E-state index is 5.96. The van der Waals surface area contributed by atoms with Crippen LogP contribution in [-0.2, 0) is 4.74 Å². The van der Waals surface area contributed by atoms with Gasteiger partial charge in [-0.05, 0) is 45.1 Å². The second-order valence-electron chi connectivity index (χ2n) is 5.79. The second-order valence-corrected chi connectivity index (χ2v) is 6.17. The summed E-state index contributed by atoms with van der Waals surface area (Å²) < 4.78 is 5.70. The van der Waals surface area contributed by atoms with Gasteiger partial charge in [0.15, 0.2) is 0 Å². The van der Waals surface area contributed by atoms with Crippen molar-refractivity contribution >= 4 is 11.6 Å². The Labute approximate surface area is 117 Å². The van der Waals surface area contributed by atoms with Crippen LogP contribution in [0.15, 0.2) is 0 Å². The van der Waals surface area contributed by atoms with E-state index in [9.17, 15) is 0 Å². The van der Waals surface area contributed by atoms with E-state index >= 15 is 0 Å². The lowest BCUT2D eigenvalue weighted by atomic mass is 9.94. The molecule has 0 spiro atoms. The molecule has 1 aliphatic carbocycles. The summed E-state index contributed by atoms with van der Waals surface area (Å²) in [6, 6.07) is 0.807. The molecule has 2 rings (SSSR count). The van der Waals surface area contributed by atoms with Crippen molar-refractivity contribution in [2.24, 2.45) is 0 Å². The molecule has 1 heterocycles. The maximum Gasteiger partial charge on any atom is 0.0576 e. The van der Waals surface area contributed by atoms with E-state index in [-0.39, 0.29) is 0 Å². The molecule has 0 aromatic rings. The summed E-state index contributed by atoms with van der Waals surface area (Å²) in [7, 11) is 0. The Bertz CT molecular complexity index is 213. The molecule has 0 aromatic heterocycles. The summed E-state index contributed by atoms with van der Waals surface area (Å²) in [5.74, 6) is 0.774. The van der Waals surface area contributed by atoms with E-state index in [0.717, 1.165) is 25.1 Å². The molecule has 0 amide bonds. The van der Waals surface area contributed by atoms with Crippen LogP contribution < -0.4 is 0 Å². The Morgan fingerprint density at radius 3 is 2.50 bits per heavy atom. The smallest absolute Gasteiger partial charge is 0.0576 e. The average molecular weight is 274 g/mol. The zero-order valence-electron chi connectivity index (χ0n) is 11.6. The number of halogens is 1. The Morgan fingerprint density at radius 2 is 1.83 bits per heavy atom. The standard InChI is InChI=1S/C15H28ClNO/c16-10-12-17(14-6-2-1-3-7-14)11-4-8-15-9-5-13-18-15/h14-15H,1-13H2. The summed E-state index contributed by atoms with van der Waals surface area (Å²) in [6.07, 6.45) is 12.6. The lowest BCUT2D eigenvalue weighted by Gasteiger charge is -2.34. The molecule has 3 heteroatoms. The van der Waals surface area contributed by atoms with Crippen molar-refractivity contribution in [2.75, 3.05) is 25.6 Å². The highest BCUT2D eigenvalue weighted by atomic mass is 35.5. The van der Waals surface area contributed by atoms with Gasteiger partial charge in [-0.15, -0.1) is 11.6 Å². The van der Waals surface area contributed by atoms with E-state index < -0.39 is 0 Å². The Morgan fingerprint density at radius 1 is 1.00 bits per heavy atom. The third-order valence-corrected chi connectivity index (χ3v) is 4.63. The number of hydrogen-bond donors (Lipinski definition) is 0.